The Hall–Kier alpha value is -1.62. The van der Waals surface area contributed by atoms with Gasteiger partial charge >= 0.3 is 6.09 Å². The third kappa shape index (κ3) is 4.97. The number of nitrogens with one attached hydrogen (secondary N) is 1. The molecule has 0 aliphatic rings. The third-order valence-corrected chi connectivity index (χ3v) is 1.80. The fraction of sp³-hybridized carbons (Fsp3) is 0.400. The van der Waals surface area contributed by atoms with Crippen molar-refractivity contribution in [2.45, 2.75) is 13.5 Å². The van der Waals surface area contributed by atoms with Gasteiger partial charge < -0.3 is 15.8 Å². The number of nitrogens with zero attached hydrogens (tertiary/aromatic N) is 1. The average molecular weight is 209 g/mol. The maximum absolute atomic E-state index is 10.2. The summed E-state index contributed by atoms with van der Waals surface area (Å²) < 4.78 is 4.55. The van der Waals surface area contributed by atoms with E-state index in [0.29, 0.717) is 13.1 Å². The standard InChI is InChI=1S/C10H15N3O2/c1-8-2-3-9(13-6-8)7-12-4-5-15-10(11)14/h2-3,6,12H,4-5,7H2,1H3,(H2,11,14). The summed E-state index contributed by atoms with van der Waals surface area (Å²) in [7, 11) is 0. The average Bonchev–Trinajstić information content (AvgIpc) is 2.20. The highest BCUT2D eigenvalue weighted by Crippen LogP contribution is 1.97. The first-order valence-corrected chi connectivity index (χ1v) is 4.73. The first-order valence-electron chi connectivity index (χ1n) is 4.73. The molecule has 0 saturated carbocycles. The summed E-state index contributed by atoms with van der Waals surface area (Å²) in [4.78, 5) is 14.4. The Kier molecular flexibility index (Phi) is 4.56. The van der Waals surface area contributed by atoms with Crippen molar-refractivity contribution in [2.24, 2.45) is 5.73 Å². The van der Waals surface area contributed by atoms with E-state index in [9.17, 15) is 4.79 Å². The molecule has 0 radical (unpaired) electrons. The summed E-state index contributed by atoms with van der Waals surface area (Å²) >= 11 is 0. The van der Waals surface area contributed by atoms with Gasteiger partial charge in [-0.2, -0.15) is 0 Å². The summed E-state index contributed by atoms with van der Waals surface area (Å²) in [6, 6.07) is 3.96. The normalized spacial score (nSPS) is 9.93. The van der Waals surface area contributed by atoms with Gasteiger partial charge in [0.2, 0.25) is 0 Å². The quantitative estimate of drug-likeness (QED) is 0.695. The molecular weight excluding hydrogens is 194 g/mol. The van der Waals surface area contributed by atoms with E-state index in [-0.39, 0.29) is 6.61 Å². The lowest BCUT2D eigenvalue weighted by Crippen LogP contribution is -2.23. The van der Waals surface area contributed by atoms with E-state index in [1.54, 1.807) is 0 Å². The number of primary amides is 1. The second-order valence-electron chi connectivity index (χ2n) is 3.17. The van der Waals surface area contributed by atoms with Crippen molar-refractivity contribution < 1.29 is 9.53 Å². The first kappa shape index (κ1) is 11.5. The highest BCUT2D eigenvalue weighted by Gasteiger charge is 1.95. The van der Waals surface area contributed by atoms with Gasteiger partial charge in [-0.15, -0.1) is 0 Å². The predicted octanol–water partition coefficient (Wildman–Crippen LogP) is 0.575. The Labute approximate surface area is 88.6 Å². The van der Waals surface area contributed by atoms with Crippen LogP contribution in [0.2, 0.25) is 0 Å². The fourth-order valence-electron chi connectivity index (χ4n) is 1.04. The van der Waals surface area contributed by atoms with Gasteiger partial charge in [0.15, 0.2) is 0 Å². The van der Waals surface area contributed by atoms with Crippen molar-refractivity contribution >= 4 is 6.09 Å². The van der Waals surface area contributed by atoms with Crippen LogP contribution in [-0.4, -0.2) is 24.2 Å². The lowest BCUT2D eigenvalue weighted by molar-refractivity contribution is 0.157. The minimum atomic E-state index is -0.745. The number of nitrogens with two attached hydrogens (primary N) is 1. The zero-order valence-corrected chi connectivity index (χ0v) is 8.69. The van der Waals surface area contributed by atoms with Crippen LogP contribution in [0.3, 0.4) is 0 Å². The Morgan fingerprint density at radius 3 is 3.00 bits per heavy atom. The molecule has 1 aromatic rings. The minimum Gasteiger partial charge on any atom is -0.448 e. The molecule has 82 valence electrons. The van der Waals surface area contributed by atoms with E-state index in [0.717, 1.165) is 11.3 Å². The number of pyridine rings is 1. The molecule has 5 nitrogen and oxygen atoms in total. The molecule has 0 bridgehead atoms. The van der Waals surface area contributed by atoms with Crippen molar-refractivity contribution in [1.29, 1.82) is 0 Å². The van der Waals surface area contributed by atoms with Crippen LogP contribution in [0.4, 0.5) is 4.79 Å². The summed E-state index contributed by atoms with van der Waals surface area (Å²) in [6.07, 6.45) is 1.07. The highest BCUT2D eigenvalue weighted by molar-refractivity contribution is 5.64. The number of aryl methyl sites for hydroxylation is 1. The van der Waals surface area contributed by atoms with Gasteiger partial charge in [0.1, 0.15) is 6.61 Å². The van der Waals surface area contributed by atoms with Crippen LogP contribution in [0.15, 0.2) is 18.3 Å². The van der Waals surface area contributed by atoms with Crippen LogP contribution < -0.4 is 11.1 Å². The number of aromatic nitrogens is 1. The van der Waals surface area contributed by atoms with Crippen LogP contribution in [0.1, 0.15) is 11.3 Å². The largest absolute Gasteiger partial charge is 0.448 e. The Morgan fingerprint density at radius 2 is 2.40 bits per heavy atom. The Morgan fingerprint density at radius 1 is 1.60 bits per heavy atom. The zero-order chi connectivity index (χ0) is 11.1. The molecule has 0 atom stereocenters. The van der Waals surface area contributed by atoms with Gasteiger partial charge in [-0.05, 0) is 18.6 Å². The Balaban J connectivity index is 2.15. The van der Waals surface area contributed by atoms with Crippen LogP contribution in [0.25, 0.3) is 0 Å². The van der Waals surface area contributed by atoms with Gasteiger partial charge in [0, 0.05) is 19.3 Å². The maximum Gasteiger partial charge on any atom is 0.404 e. The lowest BCUT2D eigenvalue weighted by Gasteiger charge is -2.04. The van der Waals surface area contributed by atoms with E-state index in [1.165, 1.54) is 0 Å². The van der Waals surface area contributed by atoms with E-state index in [2.05, 4.69) is 15.0 Å². The molecule has 0 unspecified atom stereocenters. The van der Waals surface area contributed by atoms with E-state index in [1.807, 2.05) is 25.3 Å². The highest BCUT2D eigenvalue weighted by atomic mass is 16.5. The van der Waals surface area contributed by atoms with E-state index >= 15 is 0 Å². The number of carbonyl (C=O) groups excluding carboxylic acids is 1. The van der Waals surface area contributed by atoms with Crippen LogP contribution in [-0.2, 0) is 11.3 Å². The third-order valence-electron chi connectivity index (χ3n) is 1.80. The molecule has 0 spiro atoms. The van der Waals surface area contributed by atoms with Crippen molar-refractivity contribution in [2.75, 3.05) is 13.2 Å². The molecule has 0 aromatic carbocycles. The van der Waals surface area contributed by atoms with Gasteiger partial charge in [-0.3, -0.25) is 4.98 Å². The van der Waals surface area contributed by atoms with Crippen molar-refractivity contribution in [3.8, 4) is 0 Å². The van der Waals surface area contributed by atoms with E-state index < -0.39 is 6.09 Å². The zero-order valence-electron chi connectivity index (χ0n) is 8.69. The lowest BCUT2D eigenvalue weighted by atomic mass is 10.3. The van der Waals surface area contributed by atoms with Gasteiger partial charge in [-0.1, -0.05) is 6.07 Å². The molecule has 1 amide bonds. The SMILES string of the molecule is Cc1ccc(CNCCOC(N)=O)nc1. The molecule has 1 aromatic heterocycles. The minimum absolute atomic E-state index is 0.279. The summed E-state index contributed by atoms with van der Waals surface area (Å²) in [5, 5.41) is 3.08. The number of ether oxygens (including phenoxy) is 1. The molecular formula is C10H15N3O2. The number of amides is 1. The number of hydrogen-bond donors (Lipinski definition) is 2. The van der Waals surface area contributed by atoms with Gasteiger partial charge in [0.25, 0.3) is 0 Å². The molecule has 0 aliphatic heterocycles. The molecule has 0 fully saturated rings. The second kappa shape index (κ2) is 5.98. The van der Waals surface area contributed by atoms with Crippen LogP contribution >= 0.6 is 0 Å². The topological polar surface area (TPSA) is 77.2 Å². The van der Waals surface area contributed by atoms with Crippen molar-refractivity contribution in [1.82, 2.24) is 10.3 Å². The number of hydrogen-bond acceptors (Lipinski definition) is 4. The molecule has 15 heavy (non-hydrogen) atoms. The first-order chi connectivity index (χ1) is 7.18. The number of rotatable bonds is 5. The Bertz CT molecular complexity index is 311. The molecule has 1 heterocycles. The molecule has 5 heteroatoms. The fourth-order valence-corrected chi connectivity index (χ4v) is 1.04. The maximum atomic E-state index is 10.2. The molecule has 0 aliphatic carbocycles. The molecule has 1 rings (SSSR count). The number of carbonyl (C=O) groups is 1. The van der Waals surface area contributed by atoms with Crippen LogP contribution in [0.5, 0.6) is 0 Å². The van der Waals surface area contributed by atoms with Crippen LogP contribution in [0, 0.1) is 6.92 Å². The van der Waals surface area contributed by atoms with E-state index in [4.69, 9.17) is 5.73 Å². The molecule has 3 N–H and O–H groups in total. The summed E-state index contributed by atoms with van der Waals surface area (Å²) in [5.41, 5.74) is 6.89. The second-order valence-corrected chi connectivity index (χ2v) is 3.17. The van der Waals surface area contributed by atoms with Gasteiger partial charge in [0.05, 0.1) is 5.69 Å². The molecule has 0 saturated heterocycles. The van der Waals surface area contributed by atoms with Crippen molar-refractivity contribution in [3.63, 3.8) is 0 Å². The predicted molar refractivity (Wildman–Crippen MR) is 56.2 cm³/mol. The summed E-state index contributed by atoms with van der Waals surface area (Å²) in [5.74, 6) is 0. The van der Waals surface area contributed by atoms with Gasteiger partial charge in [-0.25, -0.2) is 4.79 Å². The smallest absolute Gasteiger partial charge is 0.404 e. The van der Waals surface area contributed by atoms with Crippen molar-refractivity contribution in [3.05, 3.63) is 29.6 Å². The summed E-state index contributed by atoms with van der Waals surface area (Å²) in [6.45, 7) is 3.49. The monoisotopic (exact) mass is 209 g/mol.